The van der Waals surface area contributed by atoms with Gasteiger partial charge >= 0.3 is 17.8 Å². The van der Waals surface area contributed by atoms with E-state index in [-0.39, 0.29) is 37.1 Å². The molecule has 0 unspecified atom stereocenters. The number of carboxylic acids is 2. The molecule has 22 heteroatoms. The Morgan fingerprint density at radius 1 is 0.847 bits per heavy atom. The summed E-state index contributed by atoms with van der Waals surface area (Å²) in [6, 6.07) is 1.61. The second-order valence-corrected chi connectivity index (χ2v) is 17.8. The third kappa shape index (κ3) is 11.9. The highest BCUT2D eigenvalue weighted by Gasteiger charge is 2.44. The van der Waals surface area contributed by atoms with E-state index in [4.69, 9.17) is 29.9 Å². The van der Waals surface area contributed by atoms with Gasteiger partial charge in [0.05, 0.1) is 45.9 Å². The van der Waals surface area contributed by atoms with Gasteiger partial charge in [-0.3, -0.25) is 28.4 Å². The summed E-state index contributed by atoms with van der Waals surface area (Å²) in [7, 11) is -5.99. The average Bonchev–Trinajstić information content (AvgIpc) is 3.54. The Bertz CT molecular complexity index is 2340. The Morgan fingerprint density at radius 3 is 2.03 bits per heavy atom. The van der Waals surface area contributed by atoms with E-state index in [9.17, 15) is 45.1 Å². The van der Waals surface area contributed by atoms with E-state index in [1.807, 2.05) is 27.7 Å². The van der Waals surface area contributed by atoms with Crippen LogP contribution in [0.15, 0.2) is 81.7 Å². The molecule has 0 bridgehead atoms. The topological polar surface area (TPSA) is 274 Å². The van der Waals surface area contributed by atoms with Gasteiger partial charge in [-0.25, -0.2) is 29.3 Å². The van der Waals surface area contributed by atoms with Crippen molar-refractivity contribution in [1.29, 1.82) is 0 Å². The first-order valence-electron chi connectivity index (χ1n) is 18.0. The van der Waals surface area contributed by atoms with Crippen molar-refractivity contribution in [3.63, 3.8) is 0 Å². The van der Waals surface area contributed by atoms with Crippen molar-refractivity contribution < 1.29 is 69.6 Å². The highest BCUT2D eigenvalue weighted by Crippen LogP contribution is 2.45. The van der Waals surface area contributed by atoms with Crippen LogP contribution in [0.3, 0.4) is 0 Å². The Kier molecular flexibility index (Phi) is 14.3. The van der Waals surface area contributed by atoms with E-state index in [1.54, 1.807) is 52.0 Å². The number of carboxylic acid groups (broad SMARTS) is 2. The van der Waals surface area contributed by atoms with E-state index in [1.165, 1.54) is 26.5 Å². The van der Waals surface area contributed by atoms with Gasteiger partial charge in [0.1, 0.15) is 12.0 Å². The van der Waals surface area contributed by atoms with Gasteiger partial charge in [0.25, 0.3) is 32.1 Å². The van der Waals surface area contributed by atoms with E-state index in [2.05, 4.69) is 0 Å². The van der Waals surface area contributed by atoms with Gasteiger partial charge < -0.3 is 15.1 Å². The van der Waals surface area contributed by atoms with Gasteiger partial charge in [0.15, 0.2) is 18.9 Å². The molecule has 20 nitrogen and oxygen atoms in total. The molecule has 4 rings (SSSR count). The van der Waals surface area contributed by atoms with E-state index in [0.717, 1.165) is 10.1 Å². The number of hydrogen-bond donors (Lipinski definition) is 4. The average molecular weight is 864 g/mol. The van der Waals surface area contributed by atoms with Crippen molar-refractivity contribution in [2.75, 3.05) is 45.4 Å². The standard InChI is InChI=1S/C37H46N6O14S2/c1-36(2)26-18-24(34(48)40(5)56-22-30(44)45)20-42(14-10-16-58(50,51)52)32(26)38-28(36)12-8-7-9-13-29-37(3,4)27-19-25(35(49)41(6)57-23-31(46)47)21-43(33(27)39-29)15-11-17-59(53,54)55/h7-9,12-13,18-21H,10-11,14-17,22-23H2,1-6H3,(H3-,44,45,46,47,50,51,52,53,54,55)/p+1. The van der Waals surface area contributed by atoms with Crippen LogP contribution in [-0.4, -0.2) is 132 Å². The zero-order valence-corrected chi connectivity index (χ0v) is 34.9. The highest BCUT2D eigenvalue weighted by molar-refractivity contribution is 7.86. The monoisotopic (exact) mass is 863 g/mol. The second-order valence-electron chi connectivity index (χ2n) is 14.7. The van der Waals surface area contributed by atoms with Crippen LogP contribution in [0.1, 0.15) is 56.5 Å². The maximum absolute atomic E-state index is 13.2. The Morgan fingerprint density at radius 2 is 1.44 bits per heavy atom. The first-order chi connectivity index (χ1) is 27.3. The van der Waals surface area contributed by atoms with Gasteiger partial charge in [-0.15, -0.1) is 0 Å². The van der Waals surface area contributed by atoms with Crippen LogP contribution in [0.2, 0.25) is 0 Å². The summed E-state index contributed by atoms with van der Waals surface area (Å²) >= 11 is 0. The molecular weight excluding hydrogens is 817 g/mol. The quantitative estimate of drug-likeness (QED) is 0.0670. The lowest BCUT2D eigenvalue weighted by Crippen LogP contribution is -2.39. The minimum atomic E-state index is -4.26. The van der Waals surface area contributed by atoms with Gasteiger partial charge in [-0.2, -0.15) is 16.8 Å². The predicted molar refractivity (Wildman–Crippen MR) is 211 cm³/mol. The number of amidine groups is 1. The molecule has 3 aliphatic rings. The lowest BCUT2D eigenvalue weighted by Gasteiger charge is -2.31. The molecular formula is C37H47N6O14S2+. The van der Waals surface area contributed by atoms with Gasteiger partial charge in [-0.05, 0) is 49.6 Å². The number of hydroxylamine groups is 4. The summed E-state index contributed by atoms with van der Waals surface area (Å²) in [6.45, 7) is 6.17. The molecule has 2 amide bonds. The van der Waals surface area contributed by atoms with Gasteiger partial charge in [0.2, 0.25) is 0 Å². The number of rotatable bonds is 19. The van der Waals surface area contributed by atoms with Gasteiger partial charge in [-0.1, -0.05) is 32.1 Å². The van der Waals surface area contributed by atoms with Crippen LogP contribution in [0, 0.1) is 5.41 Å². The van der Waals surface area contributed by atoms with Crippen molar-refractivity contribution in [2.45, 2.75) is 52.5 Å². The molecule has 320 valence electrons. The number of carbonyl (C=O) groups is 4. The molecule has 0 radical (unpaired) electrons. The first kappa shape index (κ1) is 46.3. The molecule has 0 aliphatic carbocycles. The summed E-state index contributed by atoms with van der Waals surface area (Å²) in [5, 5.41) is 19.5. The van der Waals surface area contributed by atoms with Crippen LogP contribution in [-0.2, 0) is 56.3 Å². The van der Waals surface area contributed by atoms with Crippen LogP contribution in [0.5, 0.6) is 0 Å². The summed E-state index contributed by atoms with van der Waals surface area (Å²) in [5.74, 6) is -4.02. The summed E-state index contributed by atoms with van der Waals surface area (Å²) in [5.41, 5.74) is 1.14. The minimum Gasteiger partial charge on any atom is -0.479 e. The number of amides is 2. The fraction of sp³-hybridized carbons (Fsp3) is 0.432. The highest BCUT2D eigenvalue weighted by atomic mass is 32.2. The molecule has 0 aromatic carbocycles. The van der Waals surface area contributed by atoms with Crippen LogP contribution in [0.4, 0.5) is 5.82 Å². The second kappa shape index (κ2) is 18.3. The number of aliphatic carboxylic acids is 2. The number of aryl methyl sites for hydroxylation is 1. The number of likely N-dealkylation sites (N-methyl/N-ethyl adjacent to an activating group) is 1. The zero-order valence-electron chi connectivity index (χ0n) is 33.2. The number of hydrogen-bond acceptors (Lipinski definition) is 13. The van der Waals surface area contributed by atoms with Crippen molar-refractivity contribution >= 4 is 61.4 Å². The maximum Gasteiger partial charge on any atom is 0.332 e. The SMILES string of the molecule is CN(OCC(=O)O)C(=O)C1=CN(CCCS(=O)(=O)O)C2=N/C(=C/C=C/C=C/C3=Nc4c(cc(C(=O)N(C)OCC(=O)O)c[n+]4CCCS(=O)(=O)O)C3(C)C)C(C)(C)C2=C1. The number of allylic oxidation sites excluding steroid dienone is 6. The Labute approximate surface area is 341 Å². The molecule has 1 aromatic rings. The number of aromatic nitrogens is 1. The van der Waals surface area contributed by atoms with Crippen LogP contribution < -0.4 is 4.57 Å². The Balaban J connectivity index is 1.61. The number of carbonyl (C=O) groups excluding carboxylic acids is 2. The molecule has 0 saturated carbocycles. The van der Waals surface area contributed by atoms with E-state index in [0.29, 0.717) is 34.2 Å². The van der Waals surface area contributed by atoms with E-state index >= 15 is 0 Å². The number of fused-ring (bicyclic) bond motifs is 2. The molecule has 1 aromatic heterocycles. The molecule has 59 heavy (non-hydrogen) atoms. The number of pyridine rings is 1. The predicted octanol–water partition coefficient (Wildman–Crippen LogP) is 2.02. The molecule has 4 N–H and O–H groups in total. The summed E-state index contributed by atoms with van der Waals surface area (Å²) in [6.07, 6.45) is 13.3. The van der Waals surface area contributed by atoms with Gasteiger partial charge in [0, 0.05) is 44.2 Å². The largest absolute Gasteiger partial charge is 0.479 e. The van der Waals surface area contributed by atoms with Crippen molar-refractivity contribution in [3.8, 4) is 0 Å². The molecule has 0 fully saturated rings. The summed E-state index contributed by atoms with van der Waals surface area (Å²) in [4.78, 5) is 69.7. The lowest BCUT2D eigenvalue weighted by atomic mass is 9.80. The molecule has 3 aliphatic heterocycles. The molecule has 0 atom stereocenters. The number of aliphatic imine (C=N–C) groups is 2. The molecule has 0 spiro atoms. The van der Waals surface area contributed by atoms with Crippen molar-refractivity contribution in [2.24, 2.45) is 15.4 Å². The normalized spacial score (nSPS) is 17.7. The third-order valence-electron chi connectivity index (χ3n) is 9.46. The fourth-order valence-corrected chi connectivity index (χ4v) is 7.27. The maximum atomic E-state index is 13.2. The number of nitrogens with zero attached hydrogens (tertiary/aromatic N) is 6. The molecule has 4 heterocycles. The van der Waals surface area contributed by atoms with Crippen LogP contribution >= 0.6 is 0 Å². The summed E-state index contributed by atoms with van der Waals surface area (Å²) < 4.78 is 65.9. The van der Waals surface area contributed by atoms with Crippen molar-refractivity contribution in [1.82, 2.24) is 15.0 Å². The first-order valence-corrected chi connectivity index (χ1v) is 21.2. The lowest BCUT2D eigenvalue weighted by molar-refractivity contribution is -0.684. The zero-order chi connectivity index (χ0) is 44.1. The Hall–Kier alpha value is -5.39. The molecule has 0 saturated heterocycles. The minimum absolute atomic E-state index is 0.00315. The fourth-order valence-electron chi connectivity index (χ4n) is 6.28. The smallest absolute Gasteiger partial charge is 0.332 e. The third-order valence-corrected chi connectivity index (χ3v) is 11.1. The van der Waals surface area contributed by atoms with E-state index < -0.39 is 79.5 Å². The van der Waals surface area contributed by atoms with Crippen molar-refractivity contribution in [3.05, 3.63) is 82.9 Å². The van der Waals surface area contributed by atoms with Crippen LogP contribution in [0.25, 0.3) is 0 Å².